The summed E-state index contributed by atoms with van der Waals surface area (Å²) < 4.78 is 27.7. The predicted molar refractivity (Wildman–Crippen MR) is 108 cm³/mol. The van der Waals surface area contributed by atoms with Gasteiger partial charge in [-0.05, 0) is 24.3 Å². The molecule has 1 aromatic carbocycles. The quantitative estimate of drug-likeness (QED) is 0.528. The summed E-state index contributed by atoms with van der Waals surface area (Å²) in [5.41, 5.74) is 1.26. The second kappa shape index (κ2) is 7.37. The number of aromatic amines is 1. The lowest BCUT2D eigenvalue weighted by Gasteiger charge is -2.28. The topological polar surface area (TPSA) is 142 Å². The Labute approximate surface area is 169 Å². The molecule has 0 radical (unpaired) electrons. The molecular weight excluding hydrogens is 420 g/mol. The summed E-state index contributed by atoms with van der Waals surface area (Å²) in [5.74, 6) is 0.141. The maximum absolute atomic E-state index is 12.5. The lowest BCUT2D eigenvalue weighted by atomic mass is 10.2. The highest BCUT2D eigenvalue weighted by atomic mass is 32.2. The predicted octanol–water partition coefficient (Wildman–Crippen LogP) is 2.17. The van der Waals surface area contributed by atoms with E-state index >= 15 is 0 Å². The van der Waals surface area contributed by atoms with Crippen molar-refractivity contribution in [1.29, 1.82) is 0 Å². The summed E-state index contributed by atoms with van der Waals surface area (Å²) in [6.45, 7) is 0.857. The number of aromatic nitrogens is 2. The number of amides is 1. The third-order valence-electron chi connectivity index (χ3n) is 4.49. The molecule has 0 atom stereocenters. The summed E-state index contributed by atoms with van der Waals surface area (Å²) in [5, 5.41) is 18.8. The molecule has 0 saturated carbocycles. The lowest BCUT2D eigenvalue weighted by Crippen LogP contribution is -2.40. The summed E-state index contributed by atoms with van der Waals surface area (Å²) in [6.07, 6.45) is -1.42. The highest BCUT2D eigenvalue weighted by Crippen LogP contribution is 2.34. The van der Waals surface area contributed by atoms with Crippen LogP contribution in [0.3, 0.4) is 0 Å². The van der Waals surface area contributed by atoms with Gasteiger partial charge in [-0.3, -0.25) is 9.89 Å². The van der Waals surface area contributed by atoms with Crippen LogP contribution < -0.4 is 15.0 Å². The molecule has 1 fully saturated rings. The van der Waals surface area contributed by atoms with Crippen molar-refractivity contribution in [3.63, 3.8) is 0 Å². The van der Waals surface area contributed by atoms with Gasteiger partial charge in [-0.15, -0.1) is 0 Å². The Bertz CT molecular complexity index is 1170. The fourth-order valence-corrected chi connectivity index (χ4v) is 5.05. The van der Waals surface area contributed by atoms with Gasteiger partial charge >= 0.3 is 6.16 Å². The number of H-pyrrole nitrogens is 1. The maximum Gasteiger partial charge on any atom is 0.512 e. The van der Waals surface area contributed by atoms with Gasteiger partial charge in [-0.25, -0.2) is 13.2 Å². The van der Waals surface area contributed by atoms with E-state index in [1.807, 2.05) is 4.90 Å². The number of anilines is 2. The van der Waals surface area contributed by atoms with Crippen LogP contribution in [0, 0.1) is 0 Å². The molecule has 1 saturated heterocycles. The van der Waals surface area contributed by atoms with Crippen LogP contribution in [-0.4, -0.2) is 60.4 Å². The fourth-order valence-electron chi connectivity index (χ4n) is 3.00. The van der Waals surface area contributed by atoms with Crippen LogP contribution in [0.5, 0.6) is 5.06 Å². The third-order valence-corrected chi connectivity index (χ3v) is 7.02. The molecule has 3 N–H and O–H groups in total. The van der Waals surface area contributed by atoms with E-state index in [0.29, 0.717) is 28.9 Å². The van der Waals surface area contributed by atoms with Crippen LogP contribution in [-0.2, 0) is 9.84 Å². The molecule has 1 aliphatic heterocycles. The highest BCUT2D eigenvalue weighted by Gasteiger charge is 2.22. The molecule has 0 aliphatic carbocycles. The minimum Gasteiger partial charge on any atom is -0.449 e. The molecule has 12 heteroatoms. The van der Waals surface area contributed by atoms with Crippen molar-refractivity contribution >= 4 is 55.0 Å². The smallest absolute Gasteiger partial charge is 0.449 e. The average Bonchev–Trinajstić information content (AvgIpc) is 3.22. The normalized spacial score (nSPS) is 15.9. The summed E-state index contributed by atoms with van der Waals surface area (Å²) in [7, 11) is -2.95. The van der Waals surface area contributed by atoms with E-state index in [1.165, 1.54) is 6.07 Å². The van der Waals surface area contributed by atoms with Crippen LogP contribution in [0.15, 0.2) is 30.3 Å². The van der Waals surface area contributed by atoms with Gasteiger partial charge in [-0.2, -0.15) is 5.10 Å². The van der Waals surface area contributed by atoms with E-state index in [2.05, 4.69) is 20.3 Å². The van der Waals surface area contributed by atoms with E-state index in [-0.39, 0.29) is 28.3 Å². The Morgan fingerprint density at radius 1 is 1.21 bits per heavy atom. The number of carboxylic acid groups (broad SMARTS) is 1. The van der Waals surface area contributed by atoms with Crippen molar-refractivity contribution in [2.75, 3.05) is 34.8 Å². The second-order valence-electron chi connectivity index (χ2n) is 6.39. The van der Waals surface area contributed by atoms with Crippen LogP contribution in [0.25, 0.3) is 10.2 Å². The molecule has 1 amide bonds. The number of rotatable bonds is 4. The van der Waals surface area contributed by atoms with Crippen molar-refractivity contribution in [2.45, 2.75) is 0 Å². The Balaban J connectivity index is 1.45. The standard InChI is InChI=1S/C17H16N4O6S2/c22-15(18-14-12-9-13(27-17(23)24)28-16(12)20-19-14)10-1-3-11(4-2-10)21-5-7-29(25,26)8-6-21/h1-4,9H,5-8H2,(H,23,24)(H2,18,19,20,22). The number of ether oxygens (including phenoxy) is 1. The van der Waals surface area contributed by atoms with Crippen LogP contribution >= 0.6 is 11.3 Å². The Kier molecular flexibility index (Phi) is 4.88. The number of carbonyl (C=O) groups is 2. The highest BCUT2D eigenvalue weighted by molar-refractivity contribution is 7.91. The van der Waals surface area contributed by atoms with E-state index in [1.54, 1.807) is 24.3 Å². The molecule has 0 bridgehead atoms. The third kappa shape index (κ3) is 4.17. The SMILES string of the molecule is O=C(O)Oc1cc2c(NC(=O)c3ccc(N4CCS(=O)(=O)CC4)cc3)n[nH]c2s1. The molecular formula is C17H16N4O6S2. The first-order valence-electron chi connectivity index (χ1n) is 8.56. The first kappa shape index (κ1) is 19.2. The largest absolute Gasteiger partial charge is 0.512 e. The number of hydrogen-bond donors (Lipinski definition) is 3. The zero-order valence-corrected chi connectivity index (χ0v) is 16.5. The molecule has 2 aromatic heterocycles. The van der Waals surface area contributed by atoms with Gasteiger partial charge in [0.05, 0.1) is 16.9 Å². The number of sulfone groups is 1. The van der Waals surface area contributed by atoms with E-state index in [4.69, 9.17) is 5.11 Å². The minimum absolute atomic E-state index is 0.124. The Morgan fingerprint density at radius 3 is 2.55 bits per heavy atom. The van der Waals surface area contributed by atoms with E-state index in [0.717, 1.165) is 17.0 Å². The van der Waals surface area contributed by atoms with Gasteiger partial charge in [0.15, 0.2) is 20.7 Å². The molecule has 4 rings (SSSR count). The summed E-state index contributed by atoms with van der Waals surface area (Å²) >= 11 is 1.07. The number of carbonyl (C=O) groups excluding carboxylic acids is 1. The second-order valence-corrected chi connectivity index (χ2v) is 9.71. The van der Waals surface area contributed by atoms with Gasteiger partial charge in [0.25, 0.3) is 5.91 Å². The van der Waals surface area contributed by atoms with Gasteiger partial charge in [0, 0.05) is 30.4 Å². The monoisotopic (exact) mass is 436 g/mol. The summed E-state index contributed by atoms with van der Waals surface area (Å²) in [6, 6.07) is 8.35. The summed E-state index contributed by atoms with van der Waals surface area (Å²) in [4.78, 5) is 25.7. The first-order valence-corrected chi connectivity index (χ1v) is 11.2. The molecule has 152 valence electrons. The van der Waals surface area contributed by atoms with Crippen LogP contribution in [0.1, 0.15) is 10.4 Å². The molecule has 10 nitrogen and oxygen atoms in total. The molecule has 0 unspecified atom stereocenters. The molecule has 1 aliphatic rings. The lowest BCUT2D eigenvalue weighted by molar-refractivity contribution is 0.102. The van der Waals surface area contributed by atoms with Crippen molar-refractivity contribution in [1.82, 2.24) is 10.2 Å². The van der Waals surface area contributed by atoms with Gasteiger partial charge in [-0.1, -0.05) is 11.3 Å². The van der Waals surface area contributed by atoms with Crippen molar-refractivity contribution in [2.24, 2.45) is 0 Å². The van der Waals surface area contributed by atoms with E-state index in [9.17, 15) is 18.0 Å². The van der Waals surface area contributed by atoms with E-state index < -0.39 is 16.0 Å². The van der Waals surface area contributed by atoms with Crippen molar-refractivity contribution < 1.29 is 27.9 Å². The molecule has 29 heavy (non-hydrogen) atoms. The Morgan fingerprint density at radius 2 is 1.90 bits per heavy atom. The maximum atomic E-state index is 12.5. The zero-order chi connectivity index (χ0) is 20.6. The molecule has 3 heterocycles. The number of hydrogen-bond acceptors (Lipinski definition) is 8. The van der Waals surface area contributed by atoms with Crippen LogP contribution in [0.4, 0.5) is 16.3 Å². The number of fused-ring (bicyclic) bond motifs is 1. The van der Waals surface area contributed by atoms with Crippen molar-refractivity contribution in [3.8, 4) is 5.06 Å². The number of nitrogens with one attached hydrogen (secondary N) is 2. The van der Waals surface area contributed by atoms with Crippen LogP contribution in [0.2, 0.25) is 0 Å². The zero-order valence-electron chi connectivity index (χ0n) is 14.9. The minimum atomic E-state index is -2.95. The Hall–Kier alpha value is -3.12. The van der Waals surface area contributed by atoms with Gasteiger partial charge in [0.2, 0.25) is 0 Å². The molecule has 3 aromatic rings. The number of benzene rings is 1. The first-order chi connectivity index (χ1) is 13.8. The van der Waals surface area contributed by atoms with Gasteiger partial charge < -0.3 is 20.1 Å². The molecule has 0 spiro atoms. The number of thiophene rings is 1. The average molecular weight is 436 g/mol. The number of nitrogens with zero attached hydrogens (tertiary/aromatic N) is 2. The fraction of sp³-hybridized carbons (Fsp3) is 0.235. The van der Waals surface area contributed by atoms with Gasteiger partial charge in [0.1, 0.15) is 4.83 Å². The van der Waals surface area contributed by atoms with Crippen molar-refractivity contribution in [3.05, 3.63) is 35.9 Å².